The lowest BCUT2D eigenvalue weighted by Gasteiger charge is -2.14. The molecular formula is C46H97N3O13S2. The Morgan fingerprint density at radius 1 is 0.484 bits per heavy atom. The third kappa shape index (κ3) is 45.1. The summed E-state index contributed by atoms with van der Waals surface area (Å²) in [6.07, 6.45) is 8.70. The van der Waals surface area contributed by atoms with Gasteiger partial charge in [0.05, 0.1) is 51.1 Å². The van der Waals surface area contributed by atoms with Crippen LogP contribution in [0.3, 0.4) is 0 Å². The van der Waals surface area contributed by atoms with Crippen LogP contribution in [0.15, 0.2) is 0 Å². The summed E-state index contributed by atoms with van der Waals surface area (Å²) in [6, 6.07) is 0. The third-order valence-corrected chi connectivity index (χ3v) is 12.3. The summed E-state index contributed by atoms with van der Waals surface area (Å²) < 4.78 is 54.4. The molecular weight excluding hydrogens is 867 g/mol. The second kappa shape index (κ2) is 48.9. The SMILES string of the molecule is CCC(C)C(=O)OCCN(C)S(=O)OC.CCC(C)C(=O)OCCN(C)S(=O)OC.CCC(C)COC(=O)C(C)CC.CCC(C)COC(=O)C(C)CC.CCN(C)CCCCCO. The first-order valence-corrected chi connectivity index (χ1v) is 25.5. The number of aliphatic hydroxyl groups excluding tert-OH is 1. The molecule has 0 aliphatic heterocycles. The number of hydrogen-bond donors (Lipinski definition) is 1. The highest BCUT2D eigenvalue weighted by atomic mass is 32.2. The van der Waals surface area contributed by atoms with Gasteiger partial charge in [-0.05, 0) is 76.9 Å². The van der Waals surface area contributed by atoms with Crippen molar-refractivity contribution in [3.63, 3.8) is 0 Å². The van der Waals surface area contributed by atoms with Gasteiger partial charge in [-0.15, -0.1) is 0 Å². The highest BCUT2D eigenvalue weighted by molar-refractivity contribution is 7.77. The van der Waals surface area contributed by atoms with E-state index in [1.54, 1.807) is 14.1 Å². The summed E-state index contributed by atoms with van der Waals surface area (Å²) in [5.41, 5.74) is 0. The lowest BCUT2D eigenvalue weighted by atomic mass is 10.1. The van der Waals surface area contributed by atoms with Crippen molar-refractivity contribution < 1.29 is 60.0 Å². The summed E-state index contributed by atoms with van der Waals surface area (Å²) in [4.78, 5) is 47.1. The summed E-state index contributed by atoms with van der Waals surface area (Å²) in [7, 11) is 8.11. The van der Waals surface area contributed by atoms with Crippen LogP contribution in [0.4, 0.5) is 0 Å². The normalized spacial score (nSPS) is 14.5. The second-order valence-corrected chi connectivity index (χ2v) is 18.8. The number of likely N-dealkylation sites (N-methyl/N-ethyl adjacent to an activating group) is 2. The first-order valence-electron chi connectivity index (χ1n) is 23.4. The largest absolute Gasteiger partial charge is 0.465 e. The lowest BCUT2D eigenvalue weighted by Crippen LogP contribution is -2.28. The number of hydrogen-bond acceptors (Lipinski definition) is 14. The van der Waals surface area contributed by atoms with Crippen molar-refractivity contribution in [1.29, 1.82) is 0 Å². The zero-order chi connectivity index (χ0) is 50.6. The Bertz CT molecular complexity index is 1090. The minimum absolute atomic E-state index is 0.0501. The van der Waals surface area contributed by atoms with Crippen LogP contribution in [0.5, 0.6) is 0 Å². The van der Waals surface area contributed by atoms with Crippen molar-refractivity contribution >= 4 is 46.4 Å². The Kier molecular flexibility index (Phi) is 54.2. The summed E-state index contributed by atoms with van der Waals surface area (Å²) >= 11 is -2.91. The molecule has 64 heavy (non-hydrogen) atoms. The van der Waals surface area contributed by atoms with E-state index >= 15 is 0 Å². The summed E-state index contributed by atoms with van der Waals surface area (Å²) in [6.45, 7) is 30.8. The number of aliphatic hydroxyl groups is 1. The van der Waals surface area contributed by atoms with E-state index in [-0.39, 0.29) is 60.8 Å². The molecule has 0 saturated carbocycles. The molecule has 0 fully saturated rings. The van der Waals surface area contributed by atoms with Crippen molar-refractivity contribution in [3.8, 4) is 0 Å². The molecule has 1 N–H and O–H groups in total. The first kappa shape index (κ1) is 70.9. The fraction of sp³-hybridized carbons (Fsp3) is 0.913. The Morgan fingerprint density at radius 2 is 0.797 bits per heavy atom. The van der Waals surface area contributed by atoms with Crippen LogP contribution < -0.4 is 0 Å². The third-order valence-electron chi connectivity index (χ3n) is 10.3. The van der Waals surface area contributed by atoms with E-state index in [1.165, 1.54) is 29.3 Å². The average molecular weight is 964 g/mol. The molecule has 0 radical (unpaired) electrons. The van der Waals surface area contributed by atoms with Crippen LogP contribution in [-0.4, -0.2) is 145 Å². The lowest BCUT2D eigenvalue weighted by molar-refractivity contribution is -0.150. The quantitative estimate of drug-likeness (QED) is 0.0417. The molecule has 0 heterocycles. The molecule has 0 spiro atoms. The number of unbranched alkanes of at least 4 members (excludes halogenated alkanes) is 2. The Hall–Kier alpha value is -2.06. The maximum atomic E-state index is 11.2. The molecule has 18 heteroatoms. The summed E-state index contributed by atoms with van der Waals surface area (Å²) in [5.74, 6) is 0.365. The van der Waals surface area contributed by atoms with Crippen LogP contribution in [0.2, 0.25) is 0 Å². The van der Waals surface area contributed by atoms with Gasteiger partial charge in [0.25, 0.3) is 0 Å². The molecule has 16 nitrogen and oxygen atoms in total. The van der Waals surface area contributed by atoms with E-state index in [4.69, 9.17) is 24.1 Å². The number of esters is 4. The predicted octanol–water partition coefficient (Wildman–Crippen LogP) is 7.81. The molecule has 0 aliphatic carbocycles. The van der Waals surface area contributed by atoms with E-state index in [1.807, 2.05) is 55.4 Å². The second-order valence-electron chi connectivity index (χ2n) is 16.0. The highest BCUT2D eigenvalue weighted by Gasteiger charge is 2.16. The minimum Gasteiger partial charge on any atom is -0.465 e. The Labute approximate surface area is 396 Å². The Morgan fingerprint density at radius 3 is 1.05 bits per heavy atom. The van der Waals surface area contributed by atoms with Crippen LogP contribution in [0.25, 0.3) is 0 Å². The summed E-state index contributed by atoms with van der Waals surface area (Å²) in [5, 5.41) is 8.48. The van der Waals surface area contributed by atoms with Crippen molar-refractivity contribution in [2.45, 2.75) is 148 Å². The van der Waals surface area contributed by atoms with Gasteiger partial charge < -0.3 is 29.0 Å². The van der Waals surface area contributed by atoms with Crippen molar-refractivity contribution in [2.75, 3.05) is 94.6 Å². The van der Waals surface area contributed by atoms with E-state index in [2.05, 4.69) is 54.9 Å². The van der Waals surface area contributed by atoms with Gasteiger partial charge in [0, 0.05) is 33.8 Å². The molecule has 0 rings (SSSR count). The number of ether oxygens (including phenoxy) is 4. The first-order chi connectivity index (χ1) is 30.1. The molecule has 0 aromatic heterocycles. The van der Waals surface area contributed by atoms with Gasteiger partial charge in [0.1, 0.15) is 13.2 Å². The fourth-order valence-electron chi connectivity index (χ4n) is 3.70. The number of carbonyl (C=O) groups is 4. The molecule has 0 aliphatic rings. The van der Waals surface area contributed by atoms with Crippen LogP contribution in [0.1, 0.15) is 148 Å². The zero-order valence-corrected chi connectivity index (χ0v) is 45.3. The molecule has 386 valence electrons. The monoisotopic (exact) mass is 964 g/mol. The van der Waals surface area contributed by atoms with E-state index in [0.29, 0.717) is 44.7 Å². The minimum atomic E-state index is -1.46. The molecule has 8 unspecified atom stereocenters. The van der Waals surface area contributed by atoms with Gasteiger partial charge in [0.15, 0.2) is 0 Å². The van der Waals surface area contributed by atoms with Crippen molar-refractivity contribution in [2.24, 2.45) is 35.5 Å². The predicted molar refractivity (Wildman–Crippen MR) is 260 cm³/mol. The van der Waals surface area contributed by atoms with Gasteiger partial charge in [-0.1, -0.05) is 103 Å². The highest BCUT2D eigenvalue weighted by Crippen LogP contribution is 2.09. The maximum Gasteiger partial charge on any atom is 0.308 e. The molecule has 8 atom stereocenters. The van der Waals surface area contributed by atoms with E-state index in [9.17, 15) is 27.6 Å². The molecule has 0 saturated heterocycles. The van der Waals surface area contributed by atoms with Crippen LogP contribution in [-0.2, 0) is 69.0 Å². The Balaban J connectivity index is -0.000000228. The number of rotatable bonds is 30. The van der Waals surface area contributed by atoms with Crippen molar-refractivity contribution in [3.05, 3.63) is 0 Å². The molecule has 0 bridgehead atoms. The molecule has 0 aromatic carbocycles. The fourth-order valence-corrected chi connectivity index (χ4v) is 4.66. The number of nitrogens with zero attached hydrogens (tertiary/aromatic N) is 3. The standard InChI is InChI=1S/2C10H20O2.2C9H19NO4S.C8H19NO/c2*1-5-8(3)7-12-10(11)9(4)6-2;2*1-5-8(2)9(11)14-7-6-10(3)15(12)13-4;1-3-9(2)7-5-4-6-8-10/h2*8-9H,5-7H2,1-4H3;2*8H,5-7H2,1-4H3;10H,3-8H2,1-2H3. The smallest absolute Gasteiger partial charge is 0.308 e. The number of carbonyl (C=O) groups excluding carboxylic acids is 4. The maximum absolute atomic E-state index is 11.2. The van der Waals surface area contributed by atoms with E-state index in [0.717, 1.165) is 64.5 Å². The van der Waals surface area contributed by atoms with Gasteiger partial charge in [-0.25, -0.2) is 17.0 Å². The molecule has 0 amide bonds. The average Bonchev–Trinajstić information content (AvgIpc) is 3.31. The van der Waals surface area contributed by atoms with Gasteiger partial charge in [0.2, 0.25) is 22.5 Å². The van der Waals surface area contributed by atoms with Gasteiger partial charge in [-0.2, -0.15) is 0 Å². The van der Waals surface area contributed by atoms with Gasteiger partial charge in [-0.3, -0.25) is 27.5 Å². The van der Waals surface area contributed by atoms with Crippen molar-refractivity contribution in [1.82, 2.24) is 13.5 Å². The topological polar surface area (TPSA) is 188 Å². The zero-order valence-electron chi connectivity index (χ0n) is 43.7. The van der Waals surface area contributed by atoms with Gasteiger partial charge >= 0.3 is 23.9 Å². The van der Waals surface area contributed by atoms with Crippen LogP contribution >= 0.6 is 0 Å². The molecule has 0 aromatic rings. The van der Waals surface area contributed by atoms with E-state index < -0.39 is 22.5 Å². The van der Waals surface area contributed by atoms with Crippen LogP contribution in [0, 0.1) is 35.5 Å².